The van der Waals surface area contributed by atoms with E-state index < -0.39 is 0 Å². The van der Waals surface area contributed by atoms with Crippen LogP contribution in [0.4, 0.5) is 0 Å². The van der Waals surface area contributed by atoms with E-state index >= 15 is 0 Å². The van der Waals surface area contributed by atoms with Crippen molar-refractivity contribution in [3.8, 4) is 22.4 Å². The molecule has 146 valence electrons. The first kappa shape index (κ1) is 17.5. The third kappa shape index (κ3) is 2.87. The number of hydrogen-bond acceptors (Lipinski definition) is 5. The topological polar surface area (TPSA) is 68.9 Å². The fourth-order valence-corrected chi connectivity index (χ4v) is 4.04. The van der Waals surface area contributed by atoms with Gasteiger partial charge in [0.15, 0.2) is 0 Å². The first-order valence-corrected chi connectivity index (χ1v) is 9.92. The van der Waals surface area contributed by atoms with Gasteiger partial charge >= 0.3 is 5.63 Å². The highest BCUT2D eigenvalue weighted by Crippen LogP contribution is 2.33. The number of hydrogen-bond donors (Lipinski definition) is 0. The van der Waals surface area contributed by atoms with Gasteiger partial charge in [-0.25, -0.2) is 4.79 Å². The van der Waals surface area contributed by atoms with Crippen molar-refractivity contribution in [1.82, 2.24) is 15.4 Å². The first-order valence-electron chi connectivity index (χ1n) is 9.92. The third-order valence-corrected chi connectivity index (χ3v) is 5.54. The van der Waals surface area contributed by atoms with Crippen molar-refractivity contribution in [2.75, 3.05) is 0 Å². The number of rotatable bonds is 2. The molecule has 0 amide bonds. The molecule has 6 aromatic rings. The Balaban J connectivity index is 1.58. The van der Waals surface area contributed by atoms with Crippen molar-refractivity contribution in [3.05, 3.63) is 101 Å². The van der Waals surface area contributed by atoms with Gasteiger partial charge in [0.2, 0.25) is 0 Å². The predicted molar refractivity (Wildman–Crippen MR) is 122 cm³/mol. The largest absolute Gasteiger partial charge is 0.422 e. The highest BCUT2D eigenvalue weighted by Gasteiger charge is 2.13. The van der Waals surface area contributed by atoms with Gasteiger partial charge in [-0.2, -0.15) is 0 Å². The molecule has 5 heteroatoms. The smallest absolute Gasteiger partial charge is 0.344 e. The Morgan fingerprint density at radius 1 is 0.677 bits per heavy atom. The SMILES string of the molecule is O=c1oc2cc(-c3nnnc4ccc5ccccc5c34)ccc2cc1-c1ccccc1. The molecule has 0 aliphatic heterocycles. The minimum absolute atomic E-state index is 0.369. The Labute approximate surface area is 176 Å². The van der Waals surface area contributed by atoms with E-state index in [1.165, 1.54) is 0 Å². The van der Waals surface area contributed by atoms with Crippen molar-refractivity contribution < 1.29 is 4.42 Å². The zero-order chi connectivity index (χ0) is 20.8. The lowest BCUT2D eigenvalue weighted by atomic mass is 9.99. The molecule has 2 heterocycles. The molecular formula is C26H15N3O2. The summed E-state index contributed by atoms with van der Waals surface area (Å²) in [6, 6.07) is 29.2. The van der Waals surface area contributed by atoms with E-state index in [0.717, 1.165) is 38.2 Å². The van der Waals surface area contributed by atoms with Crippen LogP contribution in [0.3, 0.4) is 0 Å². The van der Waals surface area contributed by atoms with E-state index in [4.69, 9.17) is 4.42 Å². The average molecular weight is 401 g/mol. The van der Waals surface area contributed by atoms with Crippen LogP contribution in [0.2, 0.25) is 0 Å². The zero-order valence-corrected chi connectivity index (χ0v) is 16.3. The summed E-state index contributed by atoms with van der Waals surface area (Å²) in [7, 11) is 0. The first-order chi connectivity index (χ1) is 15.3. The Bertz CT molecular complexity index is 1660. The van der Waals surface area contributed by atoms with E-state index in [0.29, 0.717) is 16.8 Å². The fraction of sp³-hybridized carbons (Fsp3) is 0. The number of fused-ring (bicyclic) bond motifs is 4. The molecule has 6 rings (SSSR count). The van der Waals surface area contributed by atoms with E-state index in [9.17, 15) is 4.79 Å². The maximum Gasteiger partial charge on any atom is 0.344 e. The second kappa shape index (κ2) is 6.85. The Morgan fingerprint density at radius 2 is 1.48 bits per heavy atom. The number of benzene rings is 4. The highest BCUT2D eigenvalue weighted by molar-refractivity contribution is 6.12. The van der Waals surface area contributed by atoms with Gasteiger partial charge in [0.25, 0.3) is 0 Å². The summed E-state index contributed by atoms with van der Waals surface area (Å²) in [4.78, 5) is 12.7. The summed E-state index contributed by atoms with van der Waals surface area (Å²) in [5, 5.41) is 16.4. The minimum atomic E-state index is -0.369. The van der Waals surface area contributed by atoms with Gasteiger partial charge in [0, 0.05) is 16.3 Å². The van der Waals surface area contributed by atoms with Crippen LogP contribution in [0.25, 0.3) is 55.0 Å². The van der Waals surface area contributed by atoms with Crippen LogP contribution < -0.4 is 5.63 Å². The van der Waals surface area contributed by atoms with Gasteiger partial charge in [0.05, 0.1) is 11.1 Å². The molecule has 31 heavy (non-hydrogen) atoms. The van der Waals surface area contributed by atoms with Crippen LogP contribution in [0, 0.1) is 0 Å². The van der Waals surface area contributed by atoms with E-state index in [1.807, 2.05) is 78.9 Å². The quantitative estimate of drug-likeness (QED) is 0.278. The van der Waals surface area contributed by atoms with Crippen LogP contribution in [0.15, 0.2) is 100 Å². The van der Waals surface area contributed by atoms with E-state index in [-0.39, 0.29) is 5.63 Å². The molecule has 0 atom stereocenters. The summed E-state index contributed by atoms with van der Waals surface area (Å²) < 4.78 is 5.69. The molecule has 0 aliphatic rings. The van der Waals surface area contributed by atoms with Crippen molar-refractivity contribution >= 4 is 32.6 Å². The van der Waals surface area contributed by atoms with Crippen LogP contribution in [0.5, 0.6) is 0 Å². The third-order valence-electron chi connectivity index (χ3n) is 5.54. The Morgan fingerprint density at radius 3 is 2.39 bits per heavy atom. The van der Waals surface area contributed by atoms with Gasteiger partial charge in [-0.05, 0) is 39.7 Å². The molecule has 0 saturated heterocycles. The second-order valence-corrected chi connectivity index (χ2v) is 7.39. The van der Waals surface area contributed by atoms with Gasteiger partial charge in [0.1, 0.15) is 11.3 Å². The molecule has 0 bridgehead atoms. The Hall–Kier alpha value is -4.38. The summed E-state index contributed by atoms with van der Waals surface area (Å²) >= 11 is 0. The van der Waals surface area contributed by atoms with E-state index in [2.05, 4.69) is 27.5 Å². The van der Waals surface area contributed by atoms with Gasteiger partial charge < -0.3 is 4.42 Å². The maximum atomic E-state index is 12.7. The van der Waals surface area contributed by atoms with Gasteiger partial charge in [-0.3, -0.25) is 0 Å². The number of nitrogens with zero attached hydrogens (tertiary/aromatic N) is 3. The minimum Gasteiger partial charge on any atom is -0.422 e. The van der Waals surface area contributed by atoms with Crippen LogP contribution in [-0.2, 0) is 0 Å². The molecule has 0 fully saturated rings. The molecule has 4 aromatic carbocycles. The maximum absolute atomic E-state index is 12.7. The molecule has 0 spiro atoms. The molecular weight excluding hydrogens is 386 g/mol. The standard InChI is InChI=1S/C26H15N3O2/c30-26-21(16-6-2-1-3-7-16)14-18-10-11-19(15-23(18)31-26)25-24-20-9-5-4-8-17(20)12-13-22(24)27-29-28-25/h1-15H. The van der Waals surface area contributed by atoms with Gasteiger partial charge in [-0.15, -0.1) is 10.2 Å². The molecule has 0 saturated carbocycles. The summed E-state index contributed by atoms with van der Waals surface area (Å²) in [5.41, 5.74) is 3.81. The highest BCUT2D eigenvalue weighted by atomic mass is 16.4. The normalized spacial score (nSPS) is 11.4. The second-order valence-electron chi connectivity index (χ2n) is 7.39. The van der Waals surface area contributed by atoms with E-state index in [1.54, 1.807) is 0 Å². The molecule has 2 aromatic heterocycles. The summed E-state index contributed by atoms with van der Waals surface area (Å²) in [5.74, 6) is 0. The lowest BCUT2D eigenvalue weighted by molar-refractivity contribution is 0.563. The van der Waals surface area contributed by atoms with Crippen molar-refractivity contribution in [1.29, 1.82) is 0 Å². The summed E-state index contributed by atoms with van der Waals surface area (Å²) in [6.45, 7) is 0. The lowest BCUT2D eigenvalue weighted by Gasteiger charge is -2.08. The zero-order valence-electron chi connectivity index (χ0n) is 16.3. The molecule has 0 unspecified atom stereocenters. The van der Waals surface area contributed by atoms with Crippen LogP contribution >= 0.6 is 0 Å². The van der Waals surface area contributed by atoms with Crippen LogP contribution in [-0.4, -0.2) is 15.4 Å². The summed E-state index contributed by atoms with van der Waals surface area (Å²) in [6.07, 6.45) is 0. The molecule has 0 radical (unpaired) electrons. The lowest BCUT2D eigenvalue weighted by Crippen LogP contribution is -2.02. The molecule has 0 aliphatic carbocycles. The average Bonchev–Trinajstić information content (AvgIpc) is 2.83. The monoisotopic (exact) mass is 401 g/mol. The molecule has 5 nitrogen and oxygen atoms in total. The Kier molecular flexibility index (Phi) is 3.86. The predicted octanol–water partition coefficient (Wildman–Crippen LogP) is 5.62. The van der Waals surface area contributed by atoms with Crippen molar-refractivity contribution in [2.45, 2.75) is 0 Å². The fourth-order valence-electron chi connectivity index (χ4n) is 4.04. The van der Waals surface area contributed by atoms with Crippen molar-refractivity contribution in [2.24, 2.45) is 0 Å². The van der Waals surface area contributed by atoms with Crippen LogP contribution in [0.1, 0.15) is 0 Å². The van der Waals surface area contributed by atoms with Crippen molar-refractivity contribution in [3.63, 3.8) is 0 Å². The van der Waals surface area contributed by atoms with Gasteiger partial charge in [-0.1, -0.05) is 72.8 Å². The molecule has 0 N–H and O–H groups in total. The number of aromatic nitrogens is 3.